The van der Waals surface area contributed by atoms with Gasteiger partial charge >= 0.3 is 11.9 Å². The highest BCUT2D eigenvalue weighted by Gasteiger charge is 2.38. The van der Waals surface area contributed by atoms with Crippen molar-refractivity contribution in [1.29, 1.82) is 0 Å². The van der Waals surface area contributed by atoms with Crippen molar-refractivity contribution in [3.63, 3.8) is 0 Å². The van der Waals surface area contributed by atoms with Crippen LogP contribution < -0.4 is 5.32 Å². The molecule has 0 aromatic heterocycles. The Hall–Kier alpha value is -1.87. The highest BCUT2D eigenvalue weighted by atomic mass is 31.1. The number of carbonyl (C=O) groups is 2. The van der Waals surface area contributed by atoms with Gasteiger partial charge < -0.3 is 14.8 Å². The minimum absolute atomic E-state index is 0.140. The molecule has 112 valence electrons. The molecule has 0 spiro atoms. The molecule has 21 heavy (non-hydrogen) atoms. The van der Waals surface area contributed by atoms with Crippen LogP contribution in [0.25, 0.3) is 0 Å². The molecule has 0 saturated carbocycles. The number of ether oxygens (including phenoxy) is 2. The van der Waals surface area contributed by atoms with Gasteiger partial charge in [-0.15, -0.1) is 0 Å². The van der Waals surface area contributed by atoms with Gasteiger partial charge in [0.2, 0.25) is 0 Å². The van der Waals surface area contributed by atoms with E-state index in [0.29, 0.717) is 0 Å². The lowest BCUT2D eigenvalue weighted by Crippen LogP contribution is -2.42. The highest BCUT2D eigenvalue weighted by Crippen LogP contribution is 2.37. The average Bonchev–Trinajstić information content (AvgIpc) is 2.48. The highest BCUT2D eigenvalue weighted by molar-refractivity contribution is 7.63. The largest absolute Gasteiger partial charge is 0.419 e. The van der Waals surface area contributed by atoms with Crippen LogP contribution in [-0.2, 0) is 19.1 Å². The molecular formula is C15H18NO4P. The number of rotatable bonds is 2. The summed E-state index contributed by atoms with van der Waals surface area (Å²) in [5.74, 6) is 1.61. The number of hydrogen-bond donors (Lipinski definition) is 1. The Kier molecular flexibility index (Phi) is 4.33. The zero-order valence-corrected chi connectivity index (χ0v) is 13.4. The van der Waals surface area contributed by atoms with Gasteiger partial charge in [-0.2, -0.15) is 0 Å². The van der Waals surface area contributed by atoms with E-state index in [-0.39, 0.29) is 13.5 Å². The van der Waals surface area contributed by atoms with Gasteiger partial charge in [0, 0.05) is 25.7 Å². The third kappa shape index (κ3) is 4.05. The molecule has 2 aliphatic rings. The monoisotopic (exact) mass is 307 g/mol. The molecule has 1 N–H and O–H groups in total. The maximum absolute atomic E-state index is 11.8. The van der Waals surface area contributed by atoms with Gasteiger partial charge in [-0.1, -0.05) is 19.8 Å². The topological polar surface area (TPSA) is 64.6 Å². The van der Waals surface area contributed by atoms with Gasteiger partial charge in [0.25, 0.3) is 5.79 Å². The minimum Gasteiger partial charge on any atom is -0.419 e. The Bertz CT molecular complexity index is 577. The molecule has 0 aliphatic carbocycles. The summed E-state index contributed by atoms with van der Waals surface area (Å²) in [7, 11) is -0.370. The van der Waals surface area contributed by atoms with Crippen molar-refractivity contribution in [2.24, 2.45) is 0 Å². The van der Waals surface area contributed by atoms with Crippen LogP contribution in [-0.4, -0.2) is 24.4 Å². The number of hydrogen-bond acceptors (Lipinski definition) is 5. The number of nitrogens with one attached hydrogen (secondary N) is 1. The van der Waals surface area contributed by atoms with E-state index in [9.17, 15) is 9.59 Å². The molecule has 5 nitrogen and oxygen atoms in total. The Morgan fingerprint density at radius 2 is 1.86 bits per heavy atom. The van der Waals surface area contributed by atoms with Crippen molar-refractivity contribution >= 4 is 19.9 Å². The Labute approximate surface area is 125 Å². The van der Waals surface area contributed by atoms with Gasteiger partial charge in [-0.25, -0.2) is 9.59 Å². The van der Waals surface area contributed by atoms with Crippen molar-refractivity contribution in [3.05, 3.63) is 46.8 Å². The first-order valence-electron chi connectivity index (χ1n) is 6.50. The van der Waals surface area contributed by atoms with Crippen molar-refractivity contribution in [2.45, 2.75) is 26.6 Å². The number of carbonyl (C=O) groups excluding carboxylic acids is 2. The fourth-order valence-corrected chi connectivity index (χ4v) is 2.99. The molecule has 0 bridgehead atoms. The molecule has 2 aliphatic heterocycles. The van der Waals surface area contributed by atoms with E-state index in [2.05, 4.69) is 29.7 Å². The summed E-state index contributed by atoms with van der Waals surface area (Å²) in [5.41, 5.74) is 1.79. The molecule has 1 atom stereocenters. The summed E-state index contributed by atoms with van der Waals surface area (Å²) in [6, 6.07) is 0. The van der Waals surface area contributed by atoms with Crippen LogP contribution in [0.5, 0.6) is 0 Å². The van der Waals surface area contributed by atoms with E-state index in [1.807, 2.05) is 13.0 Å². The first-order valence-corrected chi connectivity index (χ1v) is 8.43. The first-order chi connectivity index (χ1) is 9.77. The molecule has 1 fully saturated rings. The summed E-state index contributed by atoms with van der Waals surface area (Å²) in [6.07, 6.45) is 5.34. The first kappa shape index (κ1) is 15.5. The maximum Gasteiger partial charge on any atom is 0.350 e. The minimum atomic E-state index is -1.22. The average molecular weight is 307 g/mol. The summed E-state index contributed by atoms with van der Waals surface area (Å²) in [6.45, 7) is 7.13. The van der Waals surface area contributed by atoms with Crippen LogP contribution in [0.4, 0.5) is 0 Å². The number of esters is 2. The lowest BCUT2D eigenvalue weighted by Gasteiger charge is -2.29. The molecule has 2 rings (SSSR count). The van der Waals surface area contributed by atoms with Crippen molar-refractivity contribution in [2.75, 3.05) is 6.66 Å². The Balaban J connectivity index is 2.16. The summed E-state index contributed by atoms with van der Waals surface area (Å²) >= 11 is 0. The maximum atomic E-state index is 11.8. The smallest absolute Gasteiger partial charge is 0.350 e. The van der Waals surface area contributed by atoms with Gasteiger partial charge in [-0.3, -0.25) is 0 Å². The Morgan fingerprint density at radius 1 is 1.24 bits per heavy atom. The third-order valence-electron chi connectivity index (χ3n) is 2.80. The van der Waals surface area contributed by atoms with Crippen molar-refractivity contribution < 1.29 is 19.1 Å². The van der Waals surface area contributed by atoms with E-state index >= 15 is 0 Å². The molecular weight excluding hydrogens is 289 g/mol. The quantitative estimate of drug-likeness (QED) is 0.368. The predicted molar refractivity (Wildman–Crippen MR) is 81.3 cm³/mol. The second-order valence-corrected chi connectivity index (χ2v) is 7.22. The second kappa shape index (κ2) is 5.86. The molecule has 0 amide bonds. The SMILES string of the molecule is CC1=CC(NC=C2C(=O)OC(C)(C)OC2=O)=CP(C)C=C1. The number of allylic oxidation sites excluding steroid dienone is 3. The predicted octanol–water partition coefficient (Wildman–Crippen LogP) is 2.72. The van der Waals surface area contributed by atoms with Crippen LogP contribution in [0.2, 0.25) is 0 Å². The van der Waals surface area contributed by atoms with Gasteiger partial charge in [0.15, 0.2) is 5.57 Å². The van der Waals surface area contributed by atoms with E-state index in [1.165, 1.54) is 20.0 Å². The molecule has 1 saturated heterocycles. The summed E-state index contributed by atoms with van der Waals surface area (Å²) < 4.78 is 10.1. The molecule has 0 radical (unpaired) electrons. The van der Waals surface area contributed by atoms with E-state index in [0.717, 1.165) is 11.3 Å². The molecule has 6 heteroatoms. The van der Waals surface area contributed by atoms with Crippen molar-refractivity contribution in [1.82, 2.24) is 5.32 Å². The van der Waals surface area contributed by atoms with Gasteiger partial charge in [0.1, 0.15) is 0 Å². The molecule has 0 aromatic carbocycles. The normalized spacial score (nSPS) is 24.4. The van der Waals surface area contributed by atoms with E-state index in [4.69, 9.17) is 9.47 Å². The molecule has 1 unspecified atom stereocenters. The van der Waals surface area contributed by atoms with Crippen molar-refractivity contribution in [3.8, 4) is 0 Å². The molecule has 2 heterocycles. The second-order valence-electron chi connectivity index (χ2n) is 5.34. The summed E-state index contributed by atoms with van der Waals surface area (Å²) in [5, 5.41) is 2.98. The fraction of sp³-hybridized carbons (Fsp3) is 0.333. The van der Waals surface area contributed by atoms with Gasteiger partial charge in [-0.05, 0) is 31.1 Å². The number of cyclic esters (lactones) is 2. The summed E-state index contributed by atoms with van der Waals surface area (Å²) in [4.78, 5) is 23.6. The zero-order valence-electron chi connectivity index (χ0n) is 12.5. The lowest BCUT2D eigenvalue weighted by atomic mass is 10.2. The van der Waals surface area contributed by atoms with Crippen LogP contribution >= 0.6 is 7.92 Å². The van der Waals surface area contributed by atoms with Crippen LogP contribution in [0, 0.1) is 0 Å². The van der Waals surface area contributed by atoms with Crippen LogP contribution in [0.3, 0.4) is 0 Å². The standard InChI is InChI=1S/C15H18NO4P/c1-10-5-6-21(4)9-11(7-10)16-8-12-13(17)19-15(2,3)20-14(12)18/h5-9,16H,1-4H3. The Morgan fingerprint density at radius 3 is 2.48 bits per heavy atom. The third-order valence-corrected chi connectivity index (χ3v) is 4.10. The zero-order chi connectivity index (χ0) is 15.6. The lowest BCUT2D eigenvalue weighted by molar-refractivity contribution is -0.222. The van der Waals surface area contributed by atoms with E-state index in [1.54, 1.807) is 0 Å². The van der Waals surface area contributed by atoms with Gasteiger partial charge in [0.05, 0.1) is 0 Å². The van der Waals surface area contributed by atoms with E-state index < -0.39 is 17.7 Å². The molecule has 0 aromatic rings. The van der Waals surface area contributed by atoms with Crippen LogP contribution in [0.15, 0.2) is 46.8 Å². The fourth-order valence-electron chi connectivity index (χ4n) is 1.84. The van der Waals surface area contributed by atoms with Crippen LogP contribution in [0.1, 0.15) is 20.8 Å².